The molecule has 0 radical (unpaired) electrons. The van der Waals surface area contributed by atoms with Gasteiger partial charge in [0.1, 0.15) is 28.0 Å². The van der Waals surface area contributed by atoms with Gasteiger partial charge in [0.05, 0.1) is 62.3 Å². The number of benzene rings is 3. The van der Waals surface area contributed by atoms with Crippen LogP contribution in [0, 0.1) is 11.8 Å². The number of hydrogen-bond donors (Lipinski definition) is 0. The minimum absolute atomic E-state index is 0.243. The summed E-state index contributed by atoms with van der Waals surface area (Å²) in [7, 11) is 2.22. The first-order chi connectivity index (χ1) is 26.2. The molecule has 0 unspecified atom stereocenters. The van der Waals surface area contributed by atoms with Gasteiger partial charge in [-0.15, -0.1) is 22.7 Å². The Hall–Kier alpha value is -4.38. The number of nitrogens with zero attached hydrogens (tertiary/aromatic N) is 5. The second kappa shape index (κ2) is 13.1. The first-order valence-corrected chi connectivity index (χ1v) is 21.6. The lowest BCUT2D eigenvalue weighted by molar-refractivity contribution is 0.271. The summed E-state index contributed by atoms with van der Waals surface area (Å²) in [4.78, 5) is 14.0. The highest BCUT2D eigenvalue weighted by Gasteiger charge is 2.40. The van der Waals surface area contributed by atoms with Crippen molar-refractivity contribution in [3.63, 3.8) is 0 Å². The summed E-state index contributed by atoms with van der Waals surface area (Å²) in [6.45, 7) is 21.4. The molecule has 0 N–H and O–H groups in total. The van der Waals surface area contributed by atoms with Crippen molar-refractivity contribution in [2.75, 3.05) is 13.2 Å². The number of thiophene rings is 2. The molecular weight excluding hydrogens is 739 g/mol. The molecule has 1 aliphatic rings. The van der Waals surface area contributed by atoms with Crippen molar-refractivity contribution in [3.8, 4) is 44.5 Å². The zero-order chi connectivity index (χ0) is 38.6. The van der Waals surface area contributed by atoms with Crippen LogP contribution in [-0.2, 0) is 24.3 Å². The average molecular weight is 786 g/mol. The molecule has 0 spiro atoms. The maximum absolute atomic E-state index is 6.09. The monoisotopic (exact) mass is 785 g/mol. The summed E-state index contributed by atoms with van der Waals surface area (Å²) in [5.74, 6) is 2.56. The number of ether oxygens (including phenoxy) is 2. The molecule has 0 saturated carbocycles. The van der Waals surface area contributed by atoms with E-state index in [9.17, 15) is 0 Å². The number of aryl methyl sites for hydroxylation is 1. The summed E-state index contributed by atoms with van der Waals surface area (Å²) in [6, 6.07) is 18.9. The van der Waals surface area contributed by atoms with Crippen molar-refractivity contribution in [1.29, 1.82) is 0 Å². The fourth-order valence-electron chi connectivity index (χ4n) is 7.94. The SMILES string of the molecule is CC(C)COc1ccc(-c2nc3c(-c4cc5c(s4)c4sc6c(c4n5C)CC6(C)C)c4nsnc4c(C(C)(C)C)c3nc2-c2ccc(OCC(C)C)cc2)cc1. The molecule has 0 saturated heterocycles. The van der Waals surface area contributed by atoms with Crippen molar-refractivity contribution in [2.45, 2.75) is 79.6 Å². The Bertz CT molecular complexity index is 2760. The topological polar surface area (TPSA) is 75.0 Å². The van der Waals surface area contributed by atoms with Gasteiger partial charge in [-0.2, -0.15) is 8.75 Å². The van der Waals surface area contributed by atoms with Crippen molar-refractivity contribution < 1.29 is 9.47 Å². The van der Waals surface area contributed by atoms with Crippen LogP contribution in [-0.4, -0.2) is 36.5 Å². The quantitative estimate of drug-likeness (QED) is 0.145. The van der Waals surface area contributed by atoms with Crippen molar-refractivity contribution in [3.05, 3.63) is 70.6 Å². The summed E-state index contributed by atoms with van der Waals surface area (Å²) in [5, 5.41) is 0. The highest BCUT2D eigenvalue weighted by Crippen LogP contribution is 2.55. The molecule has 7 nitrogen and oxygen atoms in total. The molecule has 0 amide bonds. The van der Waals surface area contributed by atoms with Crippen LogP contribution < -0.4 is 9.47 Å². The predicted octanol–water partition coefficient (Wildman–Crippen LogP) is 12.6. The molecule has 282 valence electrons. The predicted molar refractivity (Wildman–Crippen MR) is 233 cm³/mol. The Morgan fingerprint density at radius 2 is 1.31 bits per heavy atom. The number of fused-ring (bicyclic) bond motifs is 7. The lowest BCUT2D eigenvalue weighted by Crippen LogP contribution is -2.30. The van der Waals surface area contributed by atoms with Gasteiger partial charge in [0.25, 0.3) is 0 Å². The highest BCUT2D eigenvalue weighted by atomic mass is 32.1. The third-order valence-corrected chi connectivity index (χ3v) is 14.0. The van der Waals surface area contributed by atoms with Gasteiger partial charge >= 0.3 is 0 Å². The van der Waals surface area contributed by atoms with Crippen LogP contribution in [0.15, 0.2) is 54.6 Å². The molecule has 5 heterocycles. The molecular formula is C45H47N5O2S3. The molecule has 0 atom stereocenters. The normalized spacial score (nSPS) is 14.2. The van der Waals surface area contributed by atoms with Crippen molar-refractivity contribution in [1.82, 2.24) is 23.3 Å². The van der Waals surface area contributed by atoms with Crippen LogP contribution in [0.25, 0.3) is 75.5 Å². The molecule has 0 aliphatic heterocycles. The largest absolute Gasteiger partial charge is 0.493 e. The van der Waals surface area contributed by atoms with E-state index in [0.717, 1.165) is 78.5 Å². The summed E-state index contributed by atoms with van der Waals surface area (Å²) >= 11 is 5.08. The Morgan fingerprint density at radius 3 is 1.85 bits per heavy atom. The molecule has 55 heavy (non-hydrogen) atoms. The molecule has 0 bridgehead atoms. The fraction of sp³-hybridized carbons (Fsp3) is 0.378. The van der Waals surface area contributed by atoms with E-state index in [2.05, 4.69) is 104 Å². The van der Waals surface area contributed by atoms with Crippen LogP contribution in [0.3, 0.4) is 0 Å². The zero-order valence-electron chi connectivity index (χ0n) is 33.2. The van der Waals surface area contributed by atoms with E-state index < -0.39 is 0 Å². The molecule has 5 aromatic heterocycles. The number of rotatable bonds is 9. The maximum atomic E-state index is 6.09. The van der Waals surface area contributed by atoms with Gasteiger partial charge in [-0.3, -0.25) is 0 Å². The Labute approximate surface area is 334 Å². The van der Waals surface area contributed by atoms with Gasteiger partial charge in [-0.1, -0.05) is 62.3 Å². The Balaban J connectivity index is 1.31. The number of hydrogen-bond acceptors (Lipinski definition) is 9. The summed E-state index contributed by atoms with van der Waals surface area (Å²) in [5.41, 5.74) is 13.3. The minimum atomic E-state index is -0.277. The van der Waals surface area contributed by atoms with Gasteiger partial charge in [-0.05, 0) is 83.8 Å². The Kier molecular flexibility index (Phi) is 8.64. The third-order valence-electron chi connectivity index (χ3n) is 10.6. The summed E-state index contributed by atoms with van der Waals surface area (Å²) in [6.07, 6.45) is 1.13. The molecule has 1 aliphatic carbocycles. The highest BCUT2D eigenvalue weighted by molar-refractivity contribution is 7.29. The van der Waals surface area contributed by atoms with Gasteiger partial charge in [0.15, 0.2) is 0 Å². The van der Waals surface area contributed by atoms with E-state index in [1.807, 2.05) is 46.9 Å². The van der Waals surface area contributed by atoms with Crippen molar-refractivity contribution in [2.24, 2.45) is 18.9 Å². The Morgan fingerprint density at radius 1 is 0.745 bits per heavy atom. The van der Waals surface area contributed by atoms with E-state index in [-0.39, 0.29) is 10.8 Å². The smallest absolute Gasteiger partial charge is 0.119 e. The molecule has 0 fully saturated rings. The van der Waals surface area contributed by atoms with Crippen LogP contribution >= 0.6 is 34.4 Å². The van der Waals surface area contributed by atoms with Crippen LogP contribution in [0.1, 0.15) is 78.3 Å². The summed E-state index contributed by atoms with van der Waals surface area (Å²) < 4.78 is 27.3. The van der Waals surface area contributed by atoms with Crippen LogP contribution in [0.5, 0.6) is 11.5 Å². The molecule has 3 aromatic carbocycles. The minimum Gasteiger partial charge on any atom is -0.493 e. The van der Waals surface area contributed by atoms with E-state index >= 15 is 0 Å². The van der Waals surface area contributed by atoms with Crippen LogP contribution in [0.2, 0.25) is 0 Å². The van der Waals surface area contributed by atoms with E-state index in [1.165, 1.54) is 42.6 Å². The average Bonchev–Trinajstić information content (AvgIpc) is 3.91. The first-order valence-electron chi connectivity index (χ1n) is 19.2. The van der Waals surface area contributed by atoms with E-state index in [1.54, 1.807) is 0 Å². The third kappa shape index (κ3) is 6.03. The van der Waals surface area contributed by atoms with Gasteiger partial charge in [0, 0.05) is 44.5 Å². The lowest BCUT2D eigenvalue weighted by Gasteiger charge is -2.34. The van der Waals surface area contributed by atoms with Gasteiger partial charge < -0.3 is 14.0 Å². The van der Waals surface area contributed by atoms with Gasteiger partial charge in [-0.25, -0.2) is 9.97 Å². The van der Waals surface area contributed by atoms with E-state index in [4.69, 9.17) is 28.2 Å². The fourth-order valence-corrected chi connectivity index (χ4v) is 11.3. The first kappa shape index (κ1) is 36.3. The second-order valence-corrected chi connectivity index (χ2v) is 20.2. The number of aromatic nitrogens is 5. The molecule has 9 rings (SSSR count). The molecule has 8 aromatic rings. The standard InChI is InChI=1S/C45H47N5O2S3/c1-23(2)21-51-27-15-11-25(12-16-27)34-35(26-13-17-28(18-14-26)52-22-24(3)4)47-38-33(44(5,6)7)39-37(48-55-49-39)32(36(38)46-34)31-19-30-41(53-31)42-40(50(30)10)29-20-45(8,9)43(29)54-42/h11-19,23-24H,20-22H2,1-10H3. The maximum Gasteiger partial charge on any atom is 0.119 e. The van der Waals surface area contributed by atoms with E-state index in [0.29, 0.717) is 25.0 Å². The second-order valence-electron chi connectivity index (χ2n) is 17.6. The van der Waals surface area contributed by atoms with Gasteiger partial charge in [0.2, 0.25) is 0 Å². The zero-order valence-corrected chi connectivity index (χ0v) is 35.7. The lowest BCUT2D eigenvalue weighted by atomic mass is 9.72. The van der Waals surface area contributed by atoms with Crippen molar-refractivity contribution >= 4 is 76.9 Å². The molecule has 10 heteroatoms. The van der Waals surface area contributed by atoms with Crippen LogP contribution in [0.4, 0.5) is 0 Å².